The normalized spacial score (nSPS) is 15.4. The maximum absolute atomic E-state index is 12.7. The zero-order valence-corrected chi connectivity index (χ0v) is 15.6. The highest BCUT2D eigenvalue weighted by molar-refractivity contribution is 7.98. The van der Waals surface area contributed by atoms with Crippen molar-refractivity contribution in [2.75, 3.05) is 42.9 Å². The molecule has 0 aliphatic carbocycles. The van der Waals surface area contributed by atoms with Crippen molar-refractivity contribution in [3.63, 3.8) is 0 Å². The quantitative estimate of drug-likeness (QED) is 0.801. The van der Waals surface area contributed by atoms with Crippen LogP contribution in [-0.4, -0.2) is 49.5 Å². The SMILES string of the molecule is CSc1cccc(NC(=O)CN2CCN(c3ccc4c(c3)OCO4)C2=O)c1. The molecule has 0 radical (unpaired) electrons. The van der Waals surface area contributed by atoms with Crippen LogP contribution in [0, 0.1) is 0 Å². The van der Waals surface area contributed by atoms with E-state index < -0.39 is 0 Å². The number of hydrogen-bond donors (Lipinski definition) is 1. The van der Waals surface area contributed by atoms with Gasteiger partial charge in [-0.1, -0.05) is 6.07 Å². The summed E-state index contributed by atoms with van der Waals surface area (Å²) >= 11 is 1.61. The summed E-state index contributed by atoms with van der Waals surface area (Å²) in [5.41, 5.74) is 1.46. The molecule has 2 aromatic carbocycles. The lowest BCUT2D eigenvalue weighted by molar-refractivity contribution is -0.116. The van der Waals surface area contributed by atoms with Gasteiger partial charge in [-0.2, -0.15) is 0 Å². The Kier molecular flexibility index (Phi) is 4.81. The van der Waals surface area contributed by atoms with Crippen LogP contribution in [0.2, 0.25) is 0 Å². The highest BCUT2D eigenvalue weighted by Crippen LogP contribution is 2.36. The van der Waals surface area contributed by atoms with Gasteiger partial charge in [0.05, 0.1) is 0 Å². The van der Waals surface area contributed by atoms with Crippen LogP contribution >= 0.6 is 11.8 Å². The van der Waals surface area contributed by atoms with Gasteiger partial charge in [0.15, 0.2) is 11.5 Å². The van der Waals surface area contributed by atoms with E-state index in [4.69, 9.17) is 9.47 Å². The number of hydrogen-bond acceptors (Lipinski definition) is 5. The van der Waals surface area contributed by atoms with E-state index in [1.54, 1.807) is 33.7 Å². The second-order valence-corrected chi connectivity index (χ2v) is 7.05. The van der Waals surface area contributed by atoms with Crippen LogP contribution in [0.15, 0.2) is 47.4 Å². The molecule has 0 atom stereocenters. The van der Waals surface area contributed by atoms with Gasteiger partial charge in [-0.3, -0.25) is 9.69 Å². The van der Waals surface area contributed by atoms with Crippen LogP contribution in [0.4, 0.5) is 16.2 Å². The van der Waals surface area contributed by atoms with Crippen molar-refractivity contribution in [3.05, 3.63) is 42.5 Å². The Balaban J connectivity index is 1.39. The monoisotopic (exact) mass is 385 g/mol. The molecule has 2 aromatic rings. The Morgan fingerprint density at radius 3 is 2.85 bits per heavy atom. The van der Waals surface area contributed by atoms with E-state index in [-0.39, 0.29) is 25.3 Å². The minimum Gasteiger partial charge on any atom is -0.454 e. The van der Waals surface area contributed by atoms with Gasteiger partial charge in [0.1, 0.15) is 6.54 Å². The molecule has 4 rings (SSSR count). The number of thioether (sulfide) groups is 1. The molecule has 3 amide bonds. The largest absolute Gasteiger partial charge is 0.454 e. The van der Waals surface area contributed by atoms with Crippen LogP contribution in [-0.2, 0) is 4.79 Å². The molecule has 1 fully saturated rings. The third-order valence-electron chi connectivity index (χ3n) is 4.45. The maximum Gasteiger partial charge on any atom is 0.325 e. The van der Waals surface area contributed by atoms with E-state index in [0.717, 1.165) is 16.3 Å². The zero-order chi connectivity index (χ0) is 18.8. The molecule has 140 valence electrons. The molecule has 2 aliphatic rings. The lowest BCUT2D eigenvalue weighted by Crippen LogP contribution is -2.37. The van der Waals surface area contributed by atoms with E-state index in [9.17, 15) is 9.59 Å². The van der Waals surface area contributed by atoms with Crippen LogP contribution in [0.5, 0.6) is 11.5 Å². The summed E-state index contributed by atoms with van der Waals surface area (Å²) in [5.74, 6) is 1.09. The fraction of sp³-hybridized carbons (Fsp3) is 0.263. The van der Waals surface area contributed by atoms with E-state index in [1.807, 2.05) is 36.6 Å². The number of carbonyl (C=O) groups excluding carboxylic acids is 2. The molecule has 2 heterocycles. The molecule has 0 saturated carbocycles. The van der Waals surface area contributed by atoms with Crippen LogP contribution in [0.25, 0.3) is 0 Å². The van der Waals surface area contributed by atoms with Gasteiger partial charge in [0.25, 0.3) is 0 Å². The number of anilines is 2. The summed E-state index contributed by atoms with van der Waals surface area (Å²) in [4.78, 5) is 29.3. The average Bonchev–Trinajstić information content (AvgIpc) is 3.28. The van der Waals surface area contributed by atoms with Gasteiger partial charge in [0.2, 0.25) is 12.7 Å². The van der Waals surface area contributed by atoms with Crippen LogP contribution < -0.4 is 19.7 Å². The minimum atomic E-state index is -0.214. The van der Waals surface area contributed by atoms with Crippen molar-refractivity contribution in [1.82, 2.24) is 4.90 Å². The number of rotatable bonds is 5. The number of nitrogens with zero attached hydrogens (tertiary/aromatic N) is 2. The van der Waals surface area contributed by atoms with Crippen molar-refractivity contribution in [2.24, 2.45) is 0 Å². The van der Waals surface area contributed by atoms with Crippen LogP contribution in [0.3, 0.4) is 0 Å². The van der Waals surface area contributed by atoms with E-state index in [0.29, 0.717) is 24.6 Å². The summed E-state index contributed by atoms with van der Waals surface area (Å²) in [6, 6.07) is 12.8. The Labute approximate surface area is 161 Å². The first-order valence-electron chi connectivity index (χ1n) is 8.54. The second kappa shape index (κ2) is 7.40. The molecule has 0 spiro atoms. The van der Waals surface area contributed by atoms with Crippen molar-refractivity contribution < 1.29 is 19.1 Å². The Morgan fingerprint density at radius 1 is 1.15 bits per heavy atom. The molecule has 1 saturated heterocycles. The lowest BCUT2D eigenvalue weighted by atomic mass is 10.2. The number of urea groups is 1. The van der Waals surface area contributed by atoms with Gasteiger partial charge in [-0.25, -0.2) is 4.79 Å². The van der Waals surface area contributed by atoms with Crippen molar-refractivity contribution >= 4 is 35.1 Å². The van der Waals surface area contributed by atoms with Crippen molar-refractivity contribution in [2.45, 2.75) is 4.90 Å². The standard InChI is InChI=1S/C19H19N3O4S/c1-27-15-4-2-3-13(9-15)20-18(23)11-21-7-8-22(19(21)24)14-5-6-16-17(10-14)26-12-25-16/h2-6,9-10H,7-8,11-12H2,1H3,(H,20,23). The number of amides is 3. The molecule has 0 bridgehead atoms. The number of nitrogens with one attached hydrogen (secondary N) is 1. The summed E-state index contributed by atoms with van der Waals surface area (Å²) in [7, 11) is 0. The Bertz CT molecular complexity index is 889. The van der Waals surface area contributed by atoms with Crippen molar-refractivity contribution in [1.29, 1.82) is 0 Å². The van der Waals surface area contributed by atoms with Gasteiger partial charge in [0, 0.05) is 35.4 Å². The van der Waals surface area contributed by atoms with Gasteiger partial charge >= 0.3 is 6.03 Å². The molecule has 0 unspecified atom stereocenters. The molecular formula is C19H19N3O4S. The summed E-state index contributed by atoms with van der Waals surface area (Å²) in [5, 5.41) is 2.85. The highest BCUT2D eigenvalue weighted by atomic mass is 32.2. The van der Waals surface area contributed by atoms with Gasteiger partial charge in [-0.15, -0.1) is 11.8 Å². The van der Waals surface area contributed by atoms with Gasteiger partial charge < -0.3 is 19.7 Å². The predicted octanol–water partition coefficient (Wildman–Crippen LogP) is 3.02. The molecule has 8 heteroatoms. The molecule has 2 aliphatic heterocycles. The fourth-order valence-electron chi connectivity index (χ4n) is 3.10. The van der Waals surface area contributed by atoms with Crippen LogP contribution in [0.1, 0.15) is 0 Å². The maximum atomic E-state index is 12.7. The molecule has 27 heavy (non-hydrogen) atoms. The Hall–Kier alpha value is -2.87. The Morgan fingerprint density at radius 2 is 2.00 bits per heavy atom. The highest BCUT2D eigenvalue weighted by Gasteiger charge is 2.31. The number of carbonyl (C=O) groups is 2. The predicted molar refractivity (Wildman–Crippen MR) is 104 cm³/mol. The molecule has 1 N–H and O–H groups in total. The molecular weight excluding hydrogens is 366 g/mol. The summed E-state index contributed by atoms with van der Waals surface area (Å²) < 4.78 is 10.7. The van der Waals surface area contributed by atoms with E-state index in [1.165, 1.54) is 0 Å². The first-order valence-corrected chi connectivity index (χ1v) is 9.76. The molecule has 7 nitrogen and oxygen atoms in total. The van der Waals surface area contributed by atoms with E-state index >= 15 is 0 Å². The number of benzene rings is 2. The fourth-order valence-corrected chi connectivity index (χ4v) is 3.56. The van der Waals surface area contributed by atoms with E-state index in [2.05, 4.69) is 5.32 Å². The first kappa shape index (κ1) is 17.5. The van der Waals surface area contributed by atoms with Gasteiger partial charge in [-0.05, 0) is 36.6 Å². The third-order valence-corrected chi connectivity index (χ3v) is 5.18. The zero-order valence-electron chi connectivity index (χ0n) is 14.8. The topological polar surface area (TPSA) is 71.1 Å². The van der Waals surface area contributed by atoms with Crippen molar-refractivity contribution in [3.8, 4) is 11.5 Å². The second-order valence-electron chi connectivity index (χ2n) is 6.17. The first-order chi connectivity index (χ1) is 13.1. The summed E-state index contributed by atoms with van der Waals surface area (Å²) in [6.45, 7) is 1.22. The number of fused-ring (bicyclic) bond motifs is 1. The smallest absolute Gasteiger partial charge is 0.325 e. The third kappa shape index (κ3) is 3.66. The molecule has 0 aromatic heterocycles. The average molecular weight is 385 g/mol. The minimum absolute atomic E-state index is 0.0172. The lowest BCUT2D eigenvalue weighted by Gasteiger charge is -2.18. The summed E-state index contributed by atoms with van der Waals surface area (Å²) in [6.07, 6.45) is 1.98. The number of ether oxygens (including phenoxy) is 2.